The molecule has 0 atom stereocenters. The highest BCUT2D eigenvalue weighted by atomic mass is 16.5. The lowest BCUT2D eigenvalue weighted by Crippen LogP contribution is -1.99. The Hall–Kier alpha value is -2.21. The van der Waals surface area contributed by atoms with Crippen molar-refractivity contribution in [2.45, 2.75) is 6.61 Å². The molecule has 1 heterocycles. The summed E-state index contributed by atoms with van der Waals surface area (Å²) in [6.45, 7) is 0.396. The minimum Gasteiger partial charge on any atom is -0.496 e. The smallest absolute Gasteiger partial charge is 0.222 e. The van der Waals surface area contributed by atoms with Crippen molar-refractivity contribution in [1.29, 1.82) is 0 Å². The maximum Gasteiger partial charge on any atom is 0.222 e. The minimum absolute atomic E-state index is 0.258. The van der Waals surface area contributed by atoms with Gasteiger partial charge < -0.3 is 24.5 Å². The Morgan fingerprint density at radius 3 is 2.16 bits per heavy atom. The van der Waals surface area contributed by atoms with Crippen molar-refractivity contribution in [3.63, 3.8) is 0 Å². The van der Waals surface area contributed by atoms with E-state index >= 15 is 0 Å². The molecular formula is C13H16N2O4. The molecule has 0 radical (unpaired) electrons. The largest absolute Gasteiger partial charge is 0.496 e. The molecule has 0 aliphatic heterocycles. The molecule has 6 nitrogen and oxygen atoms in total. The zero-order valence-corrected chi connectivity index (χ0v) is 11.1. The Labute approximate surface area is 111 Å². The van der Waals surface area contributed by atoms with Crippen LogP contribution in [-0.4, -0.2) is 26.5 Å². The summed E-state index contributed by atoms with van der Waals surface area (Å²) in [5.74, 6) is 1.59. The zero-order chi connectivity index (χ0) is 13.8. The van der Waals surface area contributed by atoms with Gasteiger partial charge in [0, 0.05) is 18.7 Å². The number of rotatable bonds is 5. The molecule has 0 saturated heterocycles. The van der Waals surface area contributed by atoms with Crippen molar-refractivity contribution in [2.24, 2.45) is 0 Å². The Balaban J connectivity index is 2.52. The van der Waals surface area contributed by atoms with Crippen molar-refractivity contribution in [3.8, 4) is 22.8 Å². The molecule has 0 saturated carbocycles. The molecular weight excluding hydrogens is 248 g/mol. The molecule has 102 valence electrons. The summed E-state index contributed by atoms with van der Waals surface area (Å²) in [5.41, 5.74) is 7.79. The lowest BCUT2D eigenvalue weighted by molar-refractivity contribution is 0.178. The van der Waals surface area contributed by atoms with E-state index in [4.69, 9.17) is 24.5 Å². The van der Waals surface area contributed by atoms with Crippen molar-refractivity contribution >= 4 is 5.88 Å². The van der Waals surface area contributed by atoms with E-state index in [0.29, 0.717) is 23.8 Å². The third-order valence-electron chi connectivity index (χ3n) is 2.72. The quantitative estimate of drug-likeness (QED) is 0.890. The van der Waals surface area contributed by atoms with Crippen LogP contribution in [0.3, 0.4) is 0 Å². The average molecular weight is 264 g/mol. The van der Waals surface area contributed by atoms with Crippen LogP contribution in [0.25, 0.3) is 11.3 Å². The van der Waals surface area contributed by atoms with E-state index in [1.165, 1.54) is 0 Å². The molecule has 0 fully saturated rings. The van der Waals surface area contributed by atoms with Crippen molar-refractivity contribution < 1.29 is 18.7 Å². The molecule has 0 aliphatic carbocycles. The van der Waals surface area contributed by atoms with Crippen LogP contribution in [0.2, 0.25) is 0 Å². The standard InChI is InChI=1S/C13H16N2O4/c1-16-7-9-11(17-2)4-8(5-12(9)18-3)10-6-13(14)19-15-10/h4-6H,7,14H2,1-3H3. The third-order valence-corrected chi connectivity index (χ3v) is 2.72. The summed E-state index contributed by atoms with van der Waals surface area (Å²) in [7, 11) is 4.80. The zero-order valence-electron chi connectivity index (χ0n) is 11.1. The first-order chi connectivity index (χ1) is 9.19. The molecule has 1 aromatic heterocycles. The monoisotopic (exact) mass is 264 g/mol. The molecule has 2 rings (SSSR count). The van der Waals surface area contributed by atoms with E-state index in [1.54, 1.807) is 27.4 Å². The first-order valence-electron chi connectivity index (χ1n) is 5.66. The molecule has 0 aliphatic rings. The summed E-state index contributed by atoms with van der Waals surface area (Å²) >= 11 is 0. The van der Waals surface area contributed by atoms with Crippen LogP contribution in [-0.2, 0) is 11.3 Å². The number of anilines is 1. The fraction of sp³-hybridized carbons (Fsp3) is 0.308. The number of hydrogen-bond acceptors (Lipinski definition) is 6. The van der Waals surface area contributed by atoms with Gasteiger partial charge in [0.1, 0.15) is 17.2 Å². The van der Waals surface area contributed by atoms with Crippen LogP contribution in [0.15, 0.2) is 22.7 Å². The normalized spacial score (nSPS) is 10.5. The summed E-state index contributed by atoms with van der Waals surface area (Å²) in [6, 6.07) is 5.33. The van der Waals surface area contributed by atoms with Crippen LogP contribution in [0.4, 0.5) is 5.88 Å². The molecule has 0 spiro atoms. The van der Waals surface area contributed by atoms with Gasteiger partial charge in [-0.1, -0.05) is 5.16 Å². The van der Waals surface area contributed by atoms with Gasteiger partial charge in [-0.3, -0.25) is 0 Å². The Morgan fingerprint density at radius 2 is 1.74 bits per heavy atom. The number of nitrogens with zero attached hydrogens (tertiary/aromatic N) is 1. The number of aromatic nitrogens is 1. The van der Waals surface area contributed by atoms with Gasteiger partial charge in [-0.05, 0) is 12.1 Å². The highest BCUT2D eigenvalue weighted by molar-refractivity contribution is 5.67. The fourth-order valence-corrected chi connectivity index (χ4v) is 1.84. The van der Waals surface area contributed by atoms with Gasteiger partial charge in [-0.15, -0.1) is 0 Å². The number of hydrogen-bond donors (Lipinski definition) is 1. The molecule has 2 aromatic rings. The highest BCUT2D eigenvalue weighted by Gasteiger charge is 2.15. The predicted octanol–water partition coefficient (Wildman–Crippen LogP) is 2.09. The lowest BCUT2D eigenvalue weighted by atomic mass is 10.1. The molecule has 0 bridgehead atoms. The van der Waals surface area contributed by atoms with Crippen molar-refractivity contribution in [1.82, 2.24) is 5.16 Å². The van der Waals surface area contributed by atoms with Gasteiger partial charge in [0.25, 0.3) is 0 Å². The number of nitrogen functional groups attached to an aromatic ring is 1. The van der Waals surface area contributed by atoms with Gasteiger partial charge in [0.2, 0.25) is 5.88 Å². The van der Waals surface area contributed by atoms with Crippen molar-refractivity contribution in [3.05, 3.63) is 23.8 Å². The van der Waals surface area contributed by atoms with Crippen LogP contribution in [0.1, 0.15) is 5.56 Å². The topological polar surface area (TPSA) is 79.7 Å². The summed E-state index contributed by atoms with van der Waals surface area (Å²) in [5, 5.41) is 3.87. The van der Waals surface area contributed by atoms with Gasteiger partial charge in [0.15, 0.2) is 0 Å². The van der Waals surface area contributed by atoms with Gasteiger partial charge in [-0.25, -0.2) is 0 Å². The number of ether oxygens (including phenoxy) is 3. The number of methoxy groups -OCH3 is 3. The second-order valence-corrected chi connectivity index (χ2v) is 3.91. The second-order valence-electron chi connectivity index (χ2n) is 3.91. The van der Waals surface area contributed by atoms with Crippen LogP contribution >= 0.6 is 0 Å². The fourth-order valence-electron chi connectivity index (χ4n) is 1.84. The maximum atomic E-state index is 5.52. The van der Waals surface area contributed by atoms with E-state index in [0.717, 1.165) is 11.1 Å². The van der Waals surface area contributed by atoms with E-state index in [1.807, 2.05) is 12.1 Å². The Morgan fingerprint density at radius 1 is 1.11 bits per heavy atom. The van der Waals surface area contributed by atoms with Crippen LogP contribution in [0, 0.1) is 0 Å². The summed E-state index contributed by atoms with van der Waals surface area (Å²) < 4.78 is 20.7. The number of benzene rings is 1. The van der Waals surface area contributed by atoms with E-state index in [2.05, 4.69) is 5.16 Å². The molecule has 2 N–H and O–H groups in total. The van der Waals surface area contributed by atoms with Crippen LogP contribution < -0.4 is 15.2 Å². The maximum absolute atomic E-state index is 5.52. The SMILES string of the molecule is COCc1c(OC)cc(-c2cc(N)on2)cc1OC. The van der Waals surface area contributed by atoms with Crippen molar-refractivity contribution in [2.75, 3.05) is 27.1 Å². The highest BCUT2D eigenvalue weighted by Crippen LogP contribution is 2.35. The van der Waals surface area contributed by atoms with Crippen LogP contribution in [0.5, 0.6) is 11.5 Å². The van der Waals surface area contributed by atoms with Gasteiger partial charge in [0.05, 0.1) is 26.4 Å². The van der Waals surface area contributed by atoms with Gasteiger partial charge in [-0.2, -0.15) is 0 Å². The first-order valence-corrected chi connectivity index (χ1v) is 5.66. The predicted molar refractivity (Wildman–Crippen MR) is 70.2 cm³/mol. The molecule has 0 amide bonds. The first kappa shape index (κ1) is 13.2. The summed E-state index contributed by atoms with van der Waals surface area (Å²) in [6.07, 6.45) is 0. The third kappa shape index (κ3) is 2.63. The molecule has 19 heavy (non-hydrogen) atoms. The molecule has 1 aromatic carbocycles. The van der Waals surface area contributed by atoms with E-state index < -0.39 is 0 Å². The Bertz CT molecular complexity index is 541. The number of nitrogens with two attached hydrogens (primary N) is 1. The van der Waals surface area contributed by atoms with E-state index in [9.17, 15) is 0 Å². The molecule has 0 unspecified atom stereocenters. The molecule has 6 heteroatoms. The minimum atomic E-state index is 0.258. The van der Waals surface area contributed by atoms with E-state index in [-0.39, 0.29) is 5.88 Å². The average Bonchev–Trinajstić information content (AvgIpc) is 2.85. The van der Waals surface area contributed by atoms with Gasteiger partial charge >= 0.3 is 0 Å². The second kappa shape index (κ2) is 5.62. The lowest BCUT2D eigenvalue weighted by Gasteiger charge is -2.14. The Kier molecular flexibility index (Phi) is 3.91. The summed E-state index contributed by atoms with van der Waals surface area (Å²) in [4.78, 5) is 0.